The van der Waals surface area contributed by atoms with Gasteiger partial charge in [-0.15, -0.1) is 24.0 Å². The normalized spacial score (nSPS) is 14.4. The summed E-state index contributed by atoms with van der Waals surface area (Å²) in [5.74, 6) is 0.830. The third kappa shape index (κ3) is 9.00. The maximum absolute atomic E-state index is 12.1. The number of nitrogens with one attached hydrogen (secondary N) is 2. The molecule has 0 bridgehead atoms. The molecule has 1 rings (SSSR count). The van der Waals surface area contributed by atoms with Crippen molar-refractivity contribution in [1.29, 1.82) is 0 Å². The van der Waals surface area contributed by atoms with Gasteiger partial charge in [-0.1, -0.05) is 6.92 Å². The molecule has 0 aromatic rings. The fourth-order valence-electron chi connectivity index (χ4n) is 1.85. The van der Waals surface area contributed by atoms with Crippen LogP contribution in [0.25, 0.3) is 0 Å². The van der Waals surface area contributed by atoms with Crippen molar-refractivity contribution in [1.82, 2.24) is 15.5 Å². The number of carbonyl (C=O) groups excluding carboxylic acids is 1. The van der Waals surface area contributed by atoms with Gasteiger partial charge >= 0.3 is 6.09 Å². The van der Waals surface area contributed by atoms with E-state index >= 15 is 0 Å². The Labute approximate surface area is 145 Å². The Morgan fingerprint density at radius 1 is 1.43 bits per heavy atom. The van der Waals surface area contributed by atoms with E-state index in [1.54, 1.807) is 4.90 Å². The highest BCUT2D eigenvalue weighted by molar-refractivity contribution is 14.0. The van der Waals surface area contributed by atoms with E-state index in [1.807, 2.05) is 20.8 Å². The zero-order chi connectivity index (χ0) is 15.0. The summed E-state index contributed by atoms with van der Waals surface area (Å²) in [6, 6.07) is 0. The predicted octanol–water partition coefficient (Wildman–Crippen LogP) is 2.19. The van der Waals surface area contributed by atoms with E-state index in [9.17, 15) is 4.79 Å². The standard InChI is InChI=1S/C14H28N4O2.HI/c1-5-10-18(13(19)20-14(2,3)4)11-9-17-12-15-7-6-8-16-12;/h5-11H2,1-4H3,(H2,15,16,17);1H. The van der Waals surface area contributed by atoms with Gasteiger partial charge < -0.3 is 20.3 Å². The minimum absolute atomic E-state index is 0. The lowest BCUT2D eigenvalue weighted by Gasteiger charge is -2.27. The summed E-state index contributed by atoms with van der Waals surface area (Å²) < 4.78 is 5.41. The molecule has 0 saturated carbocycles. The van der Waals surface area contributed by atoms with Gasteiger partial charge in [-0.05, 0) is 33.6 Å². The first kappa shape index (κ1) is 20.3. The van der Waals surface area contributed by atoms with Crippen molar-refractivity contribution in [3.63, 3.8) is 0 Å². The number of hydrogen-bond donors (Lipinski definition) is 2. The van der Waals surface area contributed by atoms with Crippen molar-refractivity contribution in [3.8, 4) is 0 Å². The molecule has 1 amide bonds. The zero-order valence-corrected chi connectivity index (χ0v) is 15.9. The van der Waals surface area contributed by atoms with Gasteiger partial charge in [0.05, 0.1) is 0 Å². The second-order valence-electron chi connectivity index (χ2n) is 5.90. The summed E-state index contributed by atoms with van der Waals surface area (Å²) in [4.78, 5) is 18.1. The van der Waals surface area contributed by atoms with Gasteiger partial charge in [0.15, 0.2) is 5.96 Å². The van der Waals surface area contributed by atoms with Crippen LogP contribution in [0, 0.1) is 0 Å². The minimum atomic E-state index is -0.453. The topological polar surface area (TPSA) is 66.0 Å². The largest absolute Gasteiger partial charge is 0.444 e. The smallest absolute Gasteiger partial charge is 0.410 e. The van der Waals surface area contributed by atoms with Gasteiger partial charge in [0.25, 0.3) is 0 Å². The van der Waals surface area contributed by atoms with Crippen LogP contribution in [0.3, 0.4) is 0 Å². The molecule has 124 valence electrons. The van der Waals surface area contributed by atoms with Gasteiger partial charge in [-0.2, -0.15) is 0 Å². The molecule has 0 spiro atoms. The molecule has 0 saturated heterocycles. The lowest BCUT2D eigenvalue weighted by Crippen LogP contribution is -2.46. The fourth-order valence-corrected chi connectivity index (χ4v) is 1.85. The number of carbonyl (C=O) groups is 1. The summed E-state index contributed by atoms with van der Waals surface area (Å²) in [5.41, 5.74) is -0.453. The molecule has 0 fully saturated rings. The van der Waals surface area contributed by atoms with Gasteiger partial charge in [-0.25, -0.2) is 4.79 Å². The van der Waals surface area contributed by atoms with Crippen LogP contribution in [0.5, 0.6) is 0 Å². The third-order valence-corrected chi connectivity index (χ3v) is 2.72. The molecule has 7 heteroatoms. The first-order chi connectivity index (χ1) is 9.42. The molecule has 21 heavy (non-hydrogen) atoms. The third-order valence-electron chi connectivity index (χ3n) is 2.72. The average molecular weight is 412 g/mol. The Kier molecular flexibility index (Phi) is 9.72. The molecular formula is C14H29IN4O2. The number of halogens is 1. The van der Waals surface area contributed by atoms with Gasteiger partial charge in [-0.3, -0.25) is 4.99 Å². The molecule has 0 aromatic heterocycles. The lowest BCUT2D eigenvalue weighted by atomic mass is 10.2. The Morgan fingerprint density at radius 3 is 2.67 bits per heavy atom. The Hall–Kier alpha value is -0.730. The predicted molar refractivity (Wildman–Crippen MR) is 96.4 cm³/mol. The number of guanidine groups is 1. The first-order valence-corrected chi connectivity index (χ1v) is 7.42. The zero-order valence-electron chi connectivity index (χ0n) is 13.6. The molecule has 0 atom stereocenters. The van der Waals surface area contributed by atoms with Crippen molar-refractivity contribution in [2.75, 3.05) is 32.7 Å². The SMILES string of the molecule is CCCN(CCNC1=NCCCN1)C(=O)OC(C)(C)C.I. The molecule has 1 aliphatic heterocycles. The van der Waals surface area contributed by atoms with Crippen LogP contribution < -0.4 is 10.6 Å². The van der Waals surface area contributed by atoms with Gasteiger partial charge in [0.2, 0.25) is 0 Å². The molecule has 1 aliphatic rings. The number of aliphatic imine (C=N–C) groups is 1. The van der Waals surface area contributed by atoms with Crippen molar-refractivity contribution < 1.29 is 9.53 Å². The summed E-state index contributed by atoms with van der Waals surface area (Å²) in [6.07, 6.45) is 1.74. The fraction of sp³-hybridized carbons (Fsp3) is 0.857. The number of ether oxygens (including phenoxy) is 1. The molecule has 0 unspecified atom stereocenters. The van der Waals surface area contributed by atoms with Crippen LogP contribution in [-0.2, 0) is 4.74 Å². The van der Waals surface area contributed by atoms with Crippen LogP contribution in [0.2, 0.25) is 0 Å². The maximum Gasteiger partial charge on any atom is 0.410 e. The van der Waals surface area contributed by atoms with Crippen LogP contribution in [0.4, 0.5) is 4.79 Å². The van der Waals surface area contributed by atoms with Crippen molar-refractivity contribution in [3.05, 3.63) is 0 Å². The first-order valence-electron chi connectivity index (χ1n) is 7.42. The van der Waals surface area contributed by atoms with E-state index < -0.39 is 5.60 Å². The quantitative estimate of drug-likeness (QED) is 0.680. The Balaban J connectivity index is 0.00000400. The van der Waals surface area contributed by atoms with E-state index in [2.05, 4.69) is 22.5 Å². The van der Waals surface area contributed by atoms with E-state index in [1.165, 1.54) is 0 Å². The van der Waals surface area contributed by atoms with E-state index in [0.29, 0.717) is 19.6 Å². The molecule has 1 heterocycles. The summed E-state index contributed by atoms with van der Waals surface area (Å²) in [5, 5.41) is 6.41. The Bertz CT molecular complexity index is 342. The van der Waals surface area contributed by atoms with Crippen molar-refractivity contribution in [2.24, 2.45) is 4.99 Å². The minimum Gasteiger partial charge on any atom is -0.444 e. The maximum atomic E-state index is 12.1. The highest BCUT2D eigenvalue weighted by Gasteiger charge is 2.21. The summed E-state index contributed by atoms with van der Waals surface area (Å²) in [7, 11) is 0. The summed E-state index contributed by atoms with van der Waals surface area (Å²) in [6.45, 7) is 11.5. The molecule has 6 nitrogen and oxygen atoms in total. The van der Waals surface area contributed by atoms with Gasteiger partial charge in [0.1, 0.15) is 5.60 Å². The highest BCUT2D eigenvalue weighted by atomic mass is 127. The lowest BCUT2D eigenvalue weighted by molar-refractivity contribution is 0.0253. The van der Waals surface area contributed by atoms with Crippen molar-refractivity contribution >= 4 is 36.0 Å². The number of amides is 1. The van der Waals surface area contributed by atoms with Crippen molar-refractivity contribution in [2.45, 2.75) is 46.1 Å². The monoisotopic (exact) mass is 412 g/mol. The molecule has 0 radical (unpaired) electrons. The number of hydrogen-bond acceptors (Lipinski definition) is 5. The van der Waals surface area contributed by atoms with Crippen LogP contribution in [0.15, 0.2) is 4.99 Å². The average Bonchev–Trinajstić information content (AvgIpc) is 2.37. The van der Waals surface area contributed by atoms with E-state index in [-0.39, 0.29) is 30.1 Å². The van der Waals surface area contributed by atoms with Gasteiger partial charge in [0, 0.05) is 32.7 Å². The second-order valence-corrected chi connectivity index (χ2v) is 5.90. The van der Waals surface area contributed by atoms with Crippen LogP contribution in [0.1, 0.15) is 40.5 Å². The van der Waals surface area contributed by atoms with Crippen LogP contribution >= 0.6 is 24.0 Å². The summed E-state index contributed by atoms with van der Waals surface area (Å²) >= 11 is 0. The molecule has 0 aromatic carbocycles. The number of nitrogens with zero attached hydrogens (tertiary/aromatic N) is 2. The Morgan fingerprint density at radius 2 is 2.14 bits per heavy atom. The van der Waals surface area contributed by atoms with E-state index in [4.69, 9.17) is 4.74 Å². The number of rotatable bonds is 5. The molecule has 2 N–H and O–H groups in total. The van der Waals surface area contributed by atoms with Crippen LogP contribution in [-0.4, -0.2) is 55.3 Å². The van der Waals surface area contributed by atoms with E-state index in [0.717, 1.165) is 31.9 Å². The molecular weight excluding hydrogens is 383 g/mol. The second kappa shape index (κ2) is 10.1. The highest BCUT2D eigenvalue weighted by Crippen LogP contribution is 2.10. The molecule has 0 aliphatic carbocycles.